The van der Waals surface area contributed by atoms with Crippen LogP contribution < -0.4 is 10.1 Å². The summed E-state index contributed by atoms with van der Waals surface area (Å²) in [6, 6.07) is 5.58. The highest BCUT2D eigenvalue weighted by Crippen LogP contribution is 2.12. The van der Waals surface area contributed by atoms with Crippen LogP contribution in [-0.4, -0.2) is 31.8 Å². The maximum absolute atomic E-state index is 12.7. The van der Waals surface area contributed by atoms with Crippen molar-refractivity contribution in [3.8, 4) is 5.75 Å². The van der Waals surface area contributed by atoms with Gasteiger partial charge in [-0.1, -0.05) is 0 Å². The summed E-state index contributed by atoms with van der Waals surface area (Å²) in [7, 11) is 0. The van der Waals surface area contributed by atoms with Gasteiger partial charge in [-0.05, 0) is 44.5 Å². The number of carbonyl (C=O) groups excluding carboxylic acids is 1. The molecule has 0 saturated heterocycles. The molecule has 0 aliphatic heterocycles. The van der Waals surface area contributed by atoms with Crippen LogP contribution >= 0.6 is 0 Å². The summed E-state index contributed by atoms with van der Waals surface area (Å²) in [6.45, 7) is 5.44. The minimum absolute atomic E-state index is 0.194. The fraction of sp³-hybridized carbons (Fsp3) is 0.500. The van der Waals surface area contributed by atoms with Crippen molar-refractivity contribution in [1.82, 2.24) is 5.32 Å². The van der Waals surface area contributed by atoms with Crippen molar-refractivity contribution in [3.05, 3.63) is 30.1 Å². The molecule has 0 saturated carbocycles. The summed E-state index contributed by atoms with van der Waals surface area (Å²) in [5.74, 6) is -0.0560. The number of hydrogen-bond acceptors (Lipinski definition) is 3. The van der Waals surface area contributed by atoms with Gasteiger partial charge in [0.05, 0.1) is 0 Å². The van der Waals surface area contributed by atoms with E-state index in [0.717, 1.165) is 6.42 Å². The predicted octanol–water partition coefficient (Wildman–Crippen LogP) is 2.14. The Hall–Kier alpha value is -1.62. The molecule has 19 heavy (non-hydrogen) atoms. The summed E-state index contributed by atoms with van der Waals surface area (Å²) in [6.07, 6.45) is 0.153. The van der Waals surface area contributed by atoms with E-state index in [-0.39, 0.29) is 11.7 Å². The zero-order chi connectivity index (χ0) is 14.1. The molecular formula is C14H20FNO3. The highest BCUT2D eigenvalue weighted by Gasteiger charge is 2.13. The van der Waals surface area contributed by atoms with Gasteiger partial charge in [0.2, 0.25) is 0 Å². The Morgan fingerprint density at radius 3 is 2.68 bits per heavy atom. The van der Waals surface area contributed by atoms with E-state index in [0.29, 0.717) is 25.5 Å². The Kier molecular flexibility index (Phi) is 6.89. The van der Waals surface area contributed by atoms with E-state index in [9.17, 15) is 9.18 Å². The van der Waals surface area contributed by atoms with Crippen LogP contribution in [0.3, 0.4) is 0 Å². The minimum Gasteiger partial charge on any atom is -0.481 e. The van der Waals surface area contributed by atoms with Crippen molar-refractivity contribution in [2.24, 2.45) is 0 Å². The molecule has 0 heterocycles. The summed E-state index contributed by atoms with van der Waals surface area (Å²) >= 11 is 0. The zero-order valence-corrected chi connectivity index (χ0v) is 11.3. The first-order chi connectivity index (χ1) is 9.13. The SMILES string of the molecule is CCOCCCNC(=O)[C@@H](C)Oc1ccc(F)cc1. The minimum atomic E-state index is -0.613. The van der Waals surface area contributed by atoms with Crippen molar-refractivity contribution >= 4 is 5.91 Å². The average Bonchev–Trinajstić information content (AvgIpc) is 2.41. The molecule has 0 bridgehead atoms. The first-order valence-corrected chi connectivity index (χ1v) is 6.41. The zero-order valence-electron chi connectivity index (χ0n) is 11.3. The van der Waals surface area contributed by atoms with Gasteiger partial charge in [0.1, 0.15) is 11.6 Å². The van der Waals surface area contributed by atoms with Crippen LogP contribution in [-0.2, 0) is 9.53 Å². The smallest absolute Gasteiger partial charge is 0.260 e. The van der Waals surface area contributed by atoms with Crippen LogP contribution in [0.1, 0.15) is 20.3 Å². The van der Waals surface area contributed by atoms with Crippen molar-refractivity contribution in [2.45, 2.75) is 26.4 Å². The molecule has 0 spiro atoms. The summed E-state index contributed by atoms with van der Waals surface area (Å²) in [5, 5.41) is 2.75. The van der Waals surface area contributed by atoms with E-state index in [4.69, 9.17) is 9.47 Å². The molecule has 1 aromatic carbocycles. The van der Waals surface area contributed by atoms with Crippen LogP contribution in [0.2, 0.25) is 0 Å². The summed E-state index contributed by atoms with van der Waals surface area (Å²) in [5.41, 5.74) is 0. The highest BCUT2D eigenvalue weighted by molar-refractivity contribution is 5.80. The second kappa shape index (κ2) is 8.48. The molecule has 1 N–H and O–H groups in total. The van der Waals surface area contributed by atoms with Gasteiger partial charge in [0.25, 0.3) is 5.91 Å². The van der Waals surface area contributed by atoms with Crippen molar-refractivity contribution in [1.29, 1.82) is 0 Å². The van der Waals surface area contributed by atoms with Crippen LogP contribution in [0.4, 0.5) is 4.39 Å². The van der Waals surface area contributed by atoms with Crippen LogP contribution in [0, 0.1) is 5.82 Å². The molecule has 1 aromatic rings. The topological polar surface area (TPSA) is 47.6 Å². The first-order valence-electron chi connectivity index (χ1n) is 6.41. The largest absolute Gasteiger partial charge is 0.481 e. The molecule has 106 valence electrons. The lowest BCUT2D eigenvalue weighted by Gasteiger charge is -2.14. The molecule has 0 radical (unpaired) electrons. The van der Waals surface area contributed by atoms with E-state index in [1.807, 2.05) is 6.92 Å². The monoisotopic (exact) mass is 269 g/mol. The normalized spacial score (nSPS) is 11.9. The van der Waals surface area contributed by atoms with E-state index in [2.05, 4.69) is 5.32 Å². The summed E-state index contributed by atoms with van der Waals surface area (Å²) < 4.78 is 23.3. The number of carbonyl (C=O) groups is 1. The Morgan fingerprint density at radius 1 is 1.37 bits per heavy atom. The molecule has 4 nitrogen and oxygen atoms in total. The molecule has 0 aromatic heterocycles. The van der Waals surface area contributed by atoms with Gasteiger partial charge in [-0.2, -0.15) is 0 Å². The Labute approximate surface area is 112 Å². The number of benzene rings is 1. The summed E-state index contributed by atoms with van der Waals surface area (Å²) in [4.78, 5) is 11.7. The van der Waals surface area contributed by atoms with Gasteiger partial charge >= 0.3 is 0 Å². The third-order valence-electron chi connectivity index (χ3n) is 2.46. The predicted molar refractivity (Wildman–Crippen MR) is 70.6 cm³/mol. The first kappa shape index (κ1) is 15.4. The number of nitrogens with one attached hydrogen (secondary N) is 1. The maximum atomic E-state index is 12.7. The van der Waals surface area contributed by atoms with Crippen molar-refractivity contribution in [2.75, 3.05) is 19.8 Å². The van der Waals surface area contributed by atoms with Gasteiger partial charge in [-0.3, -0.25) is 4.79 Å². The third-order valence-corrected chi connectivity index (χ3v) is 2.46. The quantitative estimate of drug-likeness (QED) is 0.735. The molecular weight excluding hydrogens is 249 g/mol. The highest BCUT2D eigenvalue weighted by atomic mass is 19.1. The molecule has 0 aliphatic rings. The lowest BCUT2D eigenvalue weighted by Crippen LogP contribution is -2.37. The number of hydrogen-bond donors (Lipinski definition) is 1. The molecule has 1 atom stereocenters. The lowest BCUT2D eigenvalue weighted by atomic mass is 10.3. The van der Waals surface area contributed by atoms with Crippen LogP contribution in [0.15, 0.2) is 24.3 Å². The fourth-order valence-corrected chi connectivity index (χ4v) is 1.44. The molecule has 0 fully saturated rings. The Balaban J connectivity index is 2.26. The Bertz CT molecular complexity index is 381. The third kappa shape index (κ3) is 6.20. The standard InChI is InChI=1S/C14H20FNO3/c1-3-18-10-4-9-16-14(17)11(2)19-13-7-5-12(15)6-8-13/h5-8,11H,3-4,9-10H2,1-2H3,(H,16,17)/t11-/m1/s1. The van der Waals surface area contributed by atoms with Crippen LogP contribution in [0.5, 0.6) is 5.75 Å². The van der Waals surface area contributed by atoms with Crippen molar-refractivity contribution < 1.29 is 18.7 Å². The fourth-order valence-electron chi connectivity index (χ4n) is 1.44. The van der Waals surface area contributed by atoms with E-state index >= 15 is 0 Å². The molecule has 0 unspecified atom stereocenters. The van der Waals surface area contributed by atoms with Gasteiger partial charge < -0.3 is 14.8 Å². The second-order valence-corrected chi connectivity index (χ2v) is 4.06. The average molecular weight is 269 g/mol. The second-order valence-electron chi connectivity index (χ2n) is 4.06. The number of rotatable bonds is 8. The molecule has 5 heteroatoms. The van der Waals surface area contributed by atoms with Gasteiger partial charge in [0, 0.05) is 19.8 Å². The van der Waals surface area contributed by atoms with E-state index < -0.39 is 6.10 Å². The van der Waals surface area contributed by atoms with Gasteiger partial charge in [-0.25, -0.2) is 4.39 Å². The van der Waals surface area contributed by atoms with Crippen LogP contribution in [0.25, 0.3) is 0 Å². The molecule has 0 aliphatic carbocycles. The van der Waals surface area contributed by atoms with E-state index in [1.54, 1.807) is 6.92 Å². The van der Waals surface area contributed by atoms with Gasteiger partial charge in [0.15, 0.2) is 6.10 Å². The molecule has 1 amide bonds. The van der Waals surface area contributed by atoms with E-state index in [1.165, 1.54) is 24.3 Å². The number of halogens is 1. The number of amides is 1. The molecule has 1 rings (SSSR count). The number of ether oxygens (including phenoxy) is 2. The Morgan fingerprint density at radius 2 is 2.05 bits per heavy atom. The van der Waals surface area contributed by atoms with Crippen molar-refractivity contribution in [3.63, 3.8) is 0 Å². The lowest BCUT2D eigenvalue weighted by molar-refractivity contribution is -0.127. The van der Waals surface area contributed by atoms with Gasteiger partial charge in [-0.15, -0.1) is 0 Å². The maximum Gasteiger partial charge on any atom is 0.260 e.